The minimum atomic E-state index is -0.721. The first-order valence-corrected chi connectivity index (χ1v) is 6.34. The molecule has 0 saturated heterocycles. The van der Waals surface area contributed by atoms with Gasteiger partial charge in [0.1, 0.15) is 0 Å². The number of rotatable bonds is 5. The second kappa shape index (κ2) is 5.85. The molecule has 0 saturated carbocycles. The maximum Gasteiger partial charge on any atom is 0.309 e. The Kier molecular flexibility index (Phi) is 4.71. The van der Waals surface area contributed by atoms with E-state index < -0.39 is 11.4 Å². The predicted molar refractivity (Wildman–Crippen MR) is 75.5 cm³/mol. The third kappa shape index (κ3) is 3.73. The van der Waals surface area contributed by atoms with Crippen molar-refractivity contribution in [1.82, 2.24) is 0 Å². The van der Waals surface area contributed by atoms with Crippen LogP contribution in [0.3, 0.4) is 0 Å². The first-order chi connectivity index (χ1) is 8.37. The maximum absolute atomic E-state index is 11.3. The Bertz CT molecular complexity index is 443. The van der Waals surface area contributed by atoms with E-state index in [4.69, 9.17) is 0 Å². The van der Waals surface area contributed by atoms with E-state index in [0.29, 0.717) is 12.8 Å². The van der Waals surface area contributed by atoms with Gasteiger partial charge in [-0.2, -0.15) is 0 Å². The van der Waals surface area contributed by atoms with Crippen LogP contribution >= 0.6 is 0 Å². The van der Waals surface area contributed by atoms with Gasteiger partial charge >= 0.3 is 5.97 Å². The van der Waals surface area contributed by atoms with Crippen LogP contribution in [0.5, 0.6) is 0 Å². The molecular formula is C16H22O2. The van der Waals surface area contributed by atoms with Crippen molar-refractivity contribution in [1.29, 1.82) is 0 Å². The van der Waals surface area contributed by atoms with Crippen molar-refractivity contribution in [3.05, 3.63) is 41.0 Å². The standard InChI is InChI=1S/C16H22O2/c1-5-16(4,15(17)18)11-13(3)10-14-8-6-12(2)7-9-14/h6-10H,5,11H2,1-4H3,(H,17,18). The lowest BCUT2D eigenvalue weighted by Crippen LogP contribution is -2.26. The maximum atomic E-state index is 11.3. The number of carboxylic acid groups (broad SMARTS) is 1. The zero-order valence-corrected chi connectivity index (χ0v) is 11.7. The minimum absolute atomic E-state index is 0.590. The van der Waals surface area contributed by atoms with Crippen molar-refractivity contribution in [3.8, 4) is 0 Å². The molecule has 0 aliphatic heterocycles. The van der Waals surface area contributed by atoms with Crippen LogP contribution in [-0.4, -0.2) is 11.1 Å². The van der Waals surface area contributed by atoms with E-state index in [9.17, 15) is 9.90 Å². The van der Waals surface area contributed by atoms with E-state index in [0.717, 1.165) is 11.1 Å². The zero-order valence-electron chi connectivity index (χ0n) is 11.7. The van der Waals surface area contributed by atoms with E-state index in [1.807, 2.05) is 20.8 Å². The van der Waals surface area contributed by atoms with Crippen LogP contribution in [-0.2, 0) is 4.79 Å². The first-order valence-electron chi connectivity index (χ1n) is 6.34. The summed E-state index contributed by atoms with van der Waals surface area (Å²) in [5.41, 5.74) is 2.80. The quantitative estimate of drug-likeness (QED) is 0.841. The highest BCUT2D eigenvalue weighted by molar-refractivity contribution is 5.74. The van der Waals surface area contributed by atoms with Crippen molar-refractivity contribution in [3.63, 3.8) is 0 Å². The number of benzene rings is 1. The van der Waals surface area contributed by atoms with E-state index >= 15 is 0 Å². The van der Waals surface area contributed by atoms with Crippen LogP contribution in [0.4, 0.5) is 0 Å². The van der Waals surface area contributed by atoms with E-state index in [1.54, 1.807) is 0 Å². The number of aryl methyl sites for hydroxylation is 1. The highest BCUT2D eigenvalue weighted by Crippen LogP contribution is 2.30. The van der Waals surface area contributed by atoms with Crippen molar-refractivity contribution in [2.75, 3.05) is 0 Å². The Labute approximate surface area is 109 Å². The molecule has 98 valence electrons. The van der Waals surface area contributed by atoms with Gasteiger partial charge < -0.3 is 5.11 Å². The minimum Gasteiger partial charge on any atom is -0.481 e. The second-order valence-electron chi connectivity index (χ2n) is 5.30. The number of hydrogen-bond donors (Lipinski definition) is 1. The lowest BCUT2D eigenvalue weighted by Gasteiger charge is -2.23. The Balaban J connectivity index is 2.84. The molecule has 1 atom stereocenters. The Morgan fingerprint density at radius 3 is 2.33 bits per heavy atom. The number of carbonyl (C=O) groups is 1. The molecule has 0 heterocycles. The molecule has 18 heavy (non-hydrogen) atoms. The lowest BCUT2D eigenvalue weighted by molar-refractivity contribution is -0.148. The van der Waals surface area contributed by atoms with Crippen LogP contribution in [0.25, 0.3) is 6.08 Å². The highest BCUT2D eigenvalue weighted by atomic mass is 16.4. The number of carboxylic acids is 1. The summed E-state index contributed by atoms with van der Waals surface area (Å²) in [6, 6.07) is 8.25. The molecule has 0 aromatic heterocycles. The van der Waals surface area contributed by atoms with Crippen LogP contribution in [0.2, 0.25) is 0 Å². The van der Waals surface area contributed by atoms with Gasteiger partial charge in [-0.3, -0.25) is 4.79 Å². The molecule has 1 rings (SSSR count). The third-order valence-corrected chi connectivity index (χ3v) is 3.46. The van der Waals surface area contributed by atoms with Crippen molar-refractivity contribution < 1.29 is 9.90 Å². The van der Waals surface area contributed by atoms with E-state index in [2.05, 4.69) is 37.3 Å². The first kappa shape index (κ1) is 14.5. The third-order valence-electron chi connectivity index (χ3n) is 3.46. The molecule has 0 aliphatic rings. The van der Waals surface area contributed by atoms with Crippen molar-refractivity contribution >= 4 is 12.0 Å². The number of aliphatic carboxylic acids is 1. The lowest BCUT2D eigenvalue weighted by atomic mass is 9.81. The van der Waals surface area contributed by atoms with Gasteiger partial charge in [-0.15, -0.1) is 0 Å². The van der Waals surface area contributed by atoms with Gasteiger partial charge in [0.15, 0.2) is 0 Å². The predicted octanol–water partition coefficient (Wildman–Crippen LogP) is 4.29. The molecule has 0 fully saturated rings. The second-order valence-corrected chi connectivity index (χ2v) is 5.30. The van der Waals surface area contributed by atoms with Crippen LogP contribution < -0.4 is 0 Å². The molecule has 0 aliphatic carbocycles. The smallest absolute Gasteiger partial charge is 0.309 e. The molecule has 0 bridgehead atoms. The van der Waals surface area contributed by atoms with E-state index in [1.165, 1.54) is 5.56 Å². The number of hydrogen-bond acceptors (Lipinski definition) is 1. The van der Waals surface area contributed by atoms with Crippen LogP contribution in [0.15, 0.2) is 29.8 Å². The number of allylic oxidation sites excluding steroid dienone is 1. The summed E-state index contributed by atoms with van der Waals surface area (Å²) < 4.78 is 0. The van der Waals surface area contributed by atoms with E-state index in [-0.39, 0.29) is 0 Å². The van der Waals surface area contributed by atoms with Gasteiger partial charge in [0.25, 0.3) is 0 Å². The summed E-state index contributed by atoms with van der Waals surface area (Å²) >= 11 is 0. The molecule has 0 amide bonds. The fraction of sp³-hybridized carbons (Fsp3) is 0.438. The Morgan fingerprint density at radius 2 is 1.89 bits per heavy atom. The molecule has 1 aromatic rings. The van der Waals surface area contributed by atoms with Crippen molar-refractivity contribution in [2.24, 2.45) is 5.41 Å². The van der Waals surface area contributed by atoms with Crippen LogP contribution in [0.1, 0.15) is 44.7 Å². The summed E-state index contributed by atoms with van der Waals surface area (Å²) in [5, 5.41) is 9.26. The molecule has 2 heteroatoms. The van der Waals surface area contributed by atoms with Gasteiger partial charge in [0.2, 0.25) is 0 Å². The largest absolute Gasteiger partial charge is 0.481 e. The molecule has 1 aromatic carbocycles. The molecule has 1 N–H and O–H groups in total. The topological polar surface area (TPSA) is 37.3 Å². The van der Waals surface area contributed by atoms with Crippen LogP contribution in [0, 0.1) is 12.3 Å². The average Bonchev–Trinajstić information content (AvgIpc) is 2.31. The highest BCUT2D eigenvalue weighted by Gasteiger charge is 2.30. The summed E-state index contributed by atoms with van der Waals surface area (Å²) in [5.74, 6) is -0.721. The van der Waals surface area contributed by atoms with Gasteiger partial charge in [0, 0.05) is 0 Å². The van der Waals surface area contributed by atoms with Crippen molar-refractivity contribution in [2.45, 2.75) is 40.5 Å². The Hall–Kier alpha value is -1.57. The average molecular weight is 246 g/mol. The van der Waals surface area contributed by atoms with Gasteiger partial charge in [-0.1, -0.05) is 48.4 Å². The molecule has 2 nitrogen and oxygen atoms in total. The summed E-state index contributed by atoms with van der Waals surface area (Å²) in [6.45, 7) is 7.78. The fourth-order valence-corrected chi connectivity index (χ4v) is 1.97. The Morgan fingerprint density at radius 1 is 1.33 bits per heavy atom. The van der Waals surface area contributed by atoms with Gasteiger partial charge in [-0.25, -0.2) is 0 Å². The zero-order chi connectivity index (χ0) is 13.8. The molecule has 1 unspecified atom stereocenters. The molecule has 0 spiro atoms. The SMILES string of the molecule is CCC(C)(CC(C)=Cc1ccc(C)cc1)C(=O)O. The molecule has 0 radical (unpaired) electrons. The summed E-state index contributed by atoms with van der Waals surface area (Å²) in [6.07, 6.45) is 3.30. The van der Waals surface area contributed by atoms with Gasteiger partial charge in [-0.05, 0) is 39.2 Å². The van der Waals surface area contributed by atoms with Gasteiger partial charge in [0.05, 0.1) is 5.41 Å². The normalized spacial score (nSPS) is 15.2. The monoisotopic (exact) mass is 246 g/mol. The fourth-order valence-electron chi connectivity index (χ4n) is 1.97. The molecular weight excluding hydrogens is 224 g/mol. The summed E-state index contributed by atoms with van der Waals surface area (Å²) in [4.78, 5) is 11.3. The summed E-state index contributed by atoms with van der Waals surface area (Å²) in [7, 11) is 0.